The molecule has 1 aromatic carbocycles. The third-order valence-corrected chi connectivity index (χ3v) is 4.45. The summed E-state index contributed by atoms with van der Waals surface area (Å²) in [6, 6.07) is 6.07. The normalized spacial score (nSPS) is 10.3. The molecule has 0 saturated heterocycles. The van der Waals surface area contributed by atoms with E-state index in [2.05, 4.69) is 31.0 Å². The van der Waals surface area contributed by atoms with E-state index >= 15 is 0 Å². The van der Waals surface area contributed by atoms with Gasteiger partial charge in [0.15, 0.2) is 5.13 Å². The van der Waals surface area contributed by atoms with Crippen molar-refractivity contribution in [1.82, 2.24) is 4.98 Å². The van der Waals surface area contributed by atoms with Gasteiger partial charge in [-0.2, -0.15) is 0 Å². The molecule has 2 aromatic rings. The van der Waals surface area contributed by atoms with E-state index in [-0.39, 0.29) is 5.97 Å². The molecule has 0 aliphatic carbocycles. The number of thiazole rings is 1. The fraction of sp³-hybridized carbons (Fsp3) is 0.286. The minimum Gasteiger partial charge on any atom is -0.469 e. The largest absolute Gasteiger partial charge is 0.469 e. The van der Waals surface area contributed by atoms with Crippen LogP contribution in [0.5, 0.6) is 0 Å². The first-order valence-electron chi connectivity index (χ1n) is 6.13. The number of ether oxygens (including phenoxy) is 1. The molecule has 2 rings (SSSR count). The molecule has 0 unspecified atom stereocenters. The summed E-state index contributed by atoms with van der Waals surface area (Å²) in [5.74, 6) is -0.213. The molecule has 0 spiro atoms. The molecule has 0 fully saturated rings. The average Bonchev–Trinajstić information content (AvgIpc) is 2.88. The van der Waals surface area contributed by atoms with Gasteiger partial charge >= 0.3 is 5.97 Å². The molecule has 0 radical (unpaired) electrons. The van der Waals surface area contributed by atoms with E-state index in [1.807, 2.05) is 30.5 Å². The first kappa shape index (κ1) is 15.0. The molecular weight excluding hydrogens is 340 g/mol. The minimum atomic E-state index is -0.213. The summed E-state index contributed by atoms with van der Waals surface area (Å²) in [6.07, 6.45) is 0.957. The van der Waals surface area contributed by atoms with Gasteiger partial charge in [0.25, 0.3) is 0 Å². The van der Waals surface area contributed by atoms with E-state index in [9.17, 15) is 4.79 Å². The Morgan fingerprint density at radius 3 is 3.00 bits per heavy atom. The van der Waals surface area contributed by atoms with Crippen LogP contribution in [-0.2, 0) is 16.0 Å². The average molecular weight is 355 g/mol. The molecule has 106 valence electrons. The number of nitrogens with one attached hydrogen (secondary N) is 1. The Morgan fingerprint density at radius 2 is 2.30 bits per heavy atom. The number of aryl methyl sites for hydroxylation is 2. The highest BCUT2D eigenvalue weighted by Crippen LogP contribution is 2.25. The lowest BCUT2D eigenvalue weighted by molar-refractivity contribution is -0.140. The van der Waals surface area contributed by atoms with E-state index in [0.717, 1.165) is 21.0 Å². The molecule has 0 amide bonds. The third kappa shape index (κ3) is 4.05. The molecule has 20 heavy (non-hydrogen) atoms. The standard InChI is InChI=1S/C14H15BrN2O2S/c1-9-3-4-10(7-12(9)15)16-14-17-11(8-20-14)5-6-13(18)19-2/h3-4,7-8H,5-6H2,1-2H3,(H,16,17). The summed E-state index contributed by atoms with van der Waals surface area (Å²) in [6.45, 7) is 2.04. The van der Waals surface area contributed by atoms with E-state index in [0.29, 0.717) is 12.8 Å². The number of hydrogen-bond donors (Lipinski definition) is 1. The van der Waals surface area contributed by atoms with Gasteiger partial charge in [0.1, 0.15) is 0 Å². The quantitative estimate of drug-likeness (QED) is 0.822. The number of rotatable bonds is 5. The summed E-state index contributed by atoms with van der Waals surface area (Å²) < 4.78 is 5.67. The lowest BCUT2D eigenvalue weighted by Gasteiger charge is -2.04. The van der Waals surface area contributed by atoms with Gasteiger partial charge in [-0.3, -0.25) is 4.79 Å². The van der Waals surface area contributed by atoms with Crippen LogP contribution in [0, 0.1) is 6.92 Å². The summed E-state index contributed by atoms with van der Waals surface area (Å²) in [5.41, 5.74) is 3.07. The Bertz CT molecular complexity index is 613. The van der Waals surface area contributed by atoms with Gasteiger partial charge in [-0.1, -0.05) is 22.0 Å². The maximum absolute atomic E-state index is 11.1. The number of nitrogens with zero attached hydrogens (tertiary/aromatic N) is 1. The number of carbonyl (C=O) groups is 1. The topological polar surface area (TPSA) is 51.2 Å². The molecule has 1 heterocycles. The highest BCUT2D eigenvalue weighted by atomic mass is 79.9. The Labute approximate surface area is 130 Å². The number of methoxy groups -OCH3 is 1. The van der Waals surface area contributed by atoms with Crippen molar-refractivity contribution in [2.24, 2.45) is 0 Å². The molecular formula is C14H15BrN2O2S. The van der Waals surface area contributed by atoms with E-state index < -0.39 is 0 Å². The molecule has 1 aromatic heterocycles. The highest BCUT2D eigenvalue weighted by Gasteiger charge is 2.06. The lowest BCUT2D eigenvalue weighted by Crippen LogP contribution is -2.02. The fourth-order valence-electron chi connectivity index (χ4n) is 1.61. The fourth-order valence-corrected chi connectivity index (χ4v) is 2.75. The first-order chi connectivity index (χ1) is 9.58. The van der Waals surface area contributed by atoms with Crippen molar-refractivity contribution < 1.29 is 9.53 Å². The maximum atomic E-state index is 11.1. The Morgan fingerprint density at radius 1 is 1.50 bits per heavy atom. The second-order valence-corrected chi connectivity index (χ2v) is 6.02. The van der Waals surface area contributed by atoms with Crippen LogP contribution >= 0.6 is 27.3 Å². The van der Waals surface area contributed by atoms with Crippen molar-refractivity contribution in [2.45, 2.75) is 19.8 Å². The number of carbonyl (C=O) groups excluding carboxylic acids is 1. The zero-order valence-electron chi connectivity index (χ0n) is 11.3. The molecule has 0 aliphatic rings. The number of anilines is 2. The summed E-state index contributed by atoms with van der Waals surface area (Å²) in [5, 5.41) is 6.03. The number of halogens is 1. The molecule has 0 saturated carbocycles. The van der Waals surface area contributed by atoms with Crippen LogP contribution in [0.2, 0.25) is 0 Å². The number of aromatic nitrogens is 1. The zero-order chi connectivity index (χ0) is 14.5. The number of esters is 1. The van der Waals surface area contributed by atoms with Gasteiger partial charge in [0.2, 0.25) is 0 Å². The van der Waals surface area contributed by atoms with E-state index in [1.54, 1.807) is 0 Å². The van der Waals surface area contributed by atoms with Gasteiger partial charge in [0.05, 0.1) is 19.2 Å². The smallest absolute Gasteiger partial charge is 0.305 e. The van der Waals surface area contributed by atoms with E-state index in [1.165, 1.54) is 24.0 Å². The second-order valence-electron chi connectivity index (χ2n) is 4.31. The van der Waals surface area contributed by atoms with Crippen molar-refractivity contribution in [2.75, 3.05) is 12.4 Å². The Balaban J connectivity index is 1.98. The van der Waals surface area contributed by atoms with Crippen LogP contribution < -0.4 is 5.32 Å². The number of benzene rings is 1. The van der Waals surface area contributed by atoms with Gasteiger partial charge in [0, 0.05) is 22.0 Å². The third-order valence-electron chi connectivity index (χ3n) is 2.79. The Hall–Kier alpha value is -1.40. The molecule has 0 aliphatic heterocycles. The van der Waals surface area contributed by atoms with Crippen LogP contribution in [0.15, 0.2) is 28.1 Å². The summed E-state index contributed by atoms with van der Waals surface area (Å²) in [4.78, 5) is 15.5. The molecule has 4 nitrogen and oxygen atoms in total. The summed E-state index contributed by atoms with van der Waals surface area (Å²) in [7, 11) is 1.39. The zero-order valence-corrected chi connectivity index (χ0v) is 13.7. The van der Waals surface area contributed by atoms with Crippen molar-refractivity contribution >= 4 is 44.1 Å². The molecule has 6 heteroatoms. The molecule has 0 atom stereocenters. The van der Waals surface area contributed by atoms with Crippen LogP contribution in [-0.4, -0.2) is 18.1 Å². The van der Waals surface area contributed by atoms with Crippen LogP contribution in [0.1, 0.15) is 17.7 Å². The van der Waals surface area contributed by atoms with Crippen molar-refractivity contribution in [3.05, 3.63) is 39.3 Å². The minimum absolute atomic E-state index is 0.213. The van der Waals surface area contributed by atoms with Gasteiger partial charge in [-0.25, -0.2) is 4.98 Å². The SMILES string of the molecule is COC(=O)CCc1csc(Nc2ccc(C)c(Br)c2)n1. The van der Waals surface area contributed by atoms with Gasteiger partial charge in [-0.15, -0.1) is 11.3 Å². The van der Waals surface area contributed by atoms with Gasteiger partial charge in [-0.05, 0) is 24.6 Å². The Kier molecular flexibility index (Phi) is 5.14. The van der Waals surface area contributed by atoms with Crippen LogP contribution in [0.3, 0.4) is 0 Å². The number of hydrogen-bond acceptors (Lipinski definition) is 5. The monoisotopic (exact) mass is 354 g/mol. The van der Waals surface area contributed by atoms with E-state index in [4.69, 9.17) is 0 Å². The van der Waals surface area contributed by atoms with Crippen molar-refractivity contribution in [1.29, 1.82) is 0 Å². The van der Waals surface area contributed by atoms with Crippen LogP contribution in [0.4, 0.5) is 10.8 Å². The van der Waals surface area contributed by atoms with Crippen LogP contribution in [0.25, 0.3) is 0 Å². The second kappa shape index (κ2) is 6.85. The molecule has 1 N–H and O–H groups in total. The predicted octanol–water partition coefficient (Wildman–Crippen LogP) is 4.06. The summed E-state index contributed by atoms with van der Waals surface area (Å²) >= 11 is 5.03. The van der Waals surface area contributed by atoms with Gasteiger partial charge < -0.3 is 10.1 Å². The first-order valence-corrected chi connectivity index (χ1v) is 7.80. The molecule has 0 bridgehead atoms. The van der Waals surface area contributed by atoms with Crippen molar-refractivity contribution in [3.8, 4) is 0 Å². The lowest BCUT2D eigenvalue weighted by atomic mass is 10.2. The van der Waals surface area contributed by atoms with Crippen molar-refractivity contribution in [3.63, 3.8) is 0 Å². The maximum Gasteiger partial charge on any atom is 0.305 e. The highest BCUT2D eigenvalue weighted by molar-refractivity contribution is 9.10. The predicted molar refractivity (Wildman–Crippen MR) is 84.6 cm³/mol.